The van der Waals surface area contributed by atoms with Crippen LogP contribution in [0.3, 0.4) is 0 Å². The highest BCUT2D eigenvalue weighted by molar-refractivity contribution is 5.97. The minimum Gasteiger partial charge on any atom is -0.383 e. The van der Waals surface area contributed by atoms with E-state index in [0.29, 0.717) is 13.2 Å². The van der Waals surface area contributed by atoms with Crippen molar-refractivity contribution in [2.24, 2.45) is 0 Å². The molecule has 0 saturated heterocycles. The third kappa shape index (κ3) is 3.73. The van der Waals surface area contributed by atoms with E-state index in [1.54, 1.807) is 7.11 Å². The van der Waals surface area contributed by atoms with Gasteiger partial charge in [0.2, 0.25) is 0 Å². The first-order chi connectivity index (χ1) is 7.25. The maximum Gasteiger partial charge on any atom is 0.179 e. The number of methoxy groups -OCH3 is 1. The Labute approximate surface area is 87.5 Å². The number of carbonyl (C=O) groups excluding carboxylic acids is 1. The number of nitrogens with zero attached hydrogens (tertiary/aromatic N) is 1. The van der Waals surface area contributed by atoms with E-state index in [2.05, 4.69) is 10.3 Å². The molecule has 0 atom stereocenters. The van der Waals surface area contributed by atoms with Crippen LogP contribution in [0.25, 0.3) is 0 Å². The molecule has 1 aromatic rings. The lowest BCUT2D eigenvalue weighted by atomic mass is 10.1. The minimum atomic E-state index is -0.587. The quantitative estimate of drug-likeness (QED) is 0.555. The molecule has 0 saturated carbocycles. The number of Topliss-reactive ketones (excluding diaryl/α,β-unsaturated/α-hetero) is 1. The second-order valence-electron chi connectivity index (χ2n) is 2.95. The zero-order chi connectivity index (χ0) is 11.1. The first kappa shape index (κ1) is 11.7. The Balaban J connectivity index is 2.44. The molecule has 15 heavy (non-hydrogen) atoms. The van der Waals surface area contributed by atoms with Gasteiger partial charge in [-0.05, 0) is 6.07 Å². The van der Waals surface area contributed by atoms with Gasteiger partial charge >= 0.3 is 0 Å². The monoisotopic (exact) mass is 212 g/mol. The summed E-state index contributed by atoms with van der Waals surface area (Å²) in [6, 6.07) is 1.37. The molecule has 1 N–H and O–H groups in total. The lowest BCUT2D eigenvalue weighted by molar-refractivity contribution is 0.0983. The van der Waals surface area contributed by atoms with Crippen molar-refractivity contribution in [2.45, 2.75) is 0 Å². The average molecular weight is 212 g/mol. The van der Waals surface area contributed by atoms with Gasteiger partial charge < -0.3 is 10.1 Å². The predicted molar refractivity (Wildman–Crippen MR) is 53.3 cm³/mol. The number of ketones is 1. The molecule has 0 unspecified atom stereocenters. The van der Waals surface area contributed by atoms with Crippen molar-refractivity contribution in [3.63, 3.8) is 0 Å². The van der Waals surface area contributed by atoms with E-state index < -0.39 is 5.82 Å². The third-order valence-corrected chi connectivity index (χ3v) is 1.84. The highest BCUT2D eigenvalue weighted by Gasteiger charge is 2.10. The minimum absolute atomic E-state index is 0.0647. The number of nitrogens with one attached hydrogen (secondary N) is 1. The van der Waals surface area contributed by atoms with E-state index >= 15 is 0 Å². The zero-order valence-corrected chi connectivity index (χ0v) is 8.50. The van der Waals surface area contributed by atoms with Crippen LogP contribution in [0.5, 0.6) is 0 Å². The van der Waals surface area contributed by atoms with E-state index in [9.17, 15) is 9.18 Å². The number of ether oxygens (including phenoxy) is 1. The van der Waals surface area contributed by atoms with E-state index in [0.717, 1.165) is 6.20 Å². The molecule has 0 bridgehead atoms. The molecule has 82 valence electrons. The molecular weight excluding hydrogens is 199 g/mol. The van der Waals surface area contributed by atoms with Crippen molar-refractivity contribution in [1.82, 2.24) is 10.3 Å². The SMILES string of the molecule is COCCNCC(=O)c1ccncc1F. The van der Waals surface area contributed by atoms with Crippen LogP contribution in [0.1, 0.15) is 10.4 Å². The van der Waals surface area contributed by atoms with Crippen molar-refractivity contribution in [3.8, 4) is 0 Å². The van der Waals surface area contributed by atoms with Gasteiger partial charge in [0.15, 0.2) is 11.6 Å². The topological polar surface area (TPSA) is 51.2 Å². The molecule has 0 aromatic carbocycles. The number of halogens is 1. The summed E-state index contributed by atoms with van der Waals surface area (Å²) in [6.45, 7) is 1.19. The summed E-state index contributed by atoms with van der Waals surface area (Å²) in [7, 11) is 1.58. The standard InChI is InChI=1S/C10H13FN2O2/c1-15-5-4-13-7-10(14)8-2-3-12-6-9(8)11/h2-3,6,13H,4-5,7H2,1H3. The number of aromatic nitrogens is 1. The Morgan fingerprint density at radius 2 is 2.47 bits per heavy atom. The molecule has 0 aliphatic carbocycles. The smallest absolute Gasteiger partial charge is 0.179 e. The molecule has 0 aliphatic heterocycles. The Morgan fingerprint density at radius 1 is 1.67 bits per heavy atom. The molecule has 5 heteroatoms. The van der Waals surface area contributed by atoms with Crippen molar-refractivity contribution in [2.75, 3.05) is 26.8 Å². The Kier molecular flexibility index (Phi) is 4.86. The zero-order valence-electron chi connectivity index (χ0n) is 8.50. The highest BCUT2D eigenvalue weighted by Crippen LogP contribution is 2.04. The predicted octanol–water partition coefficient (Wildman–Crippen LogP) is 0.639. The Hall–Kier alpha value is -1.33. The van der Waals surface area contributed by atoms with Gasteiger partial charge in [0.25, 0.3) is 0 Å². The number of hydrogen-bond donors (Lipinski definition) is 1. The number of rotatable bonds is 6. The normalized spacial score (nSPS) is 10.3. The summed E-state index contributed by atoms with van der Waals surface area (Å²) in [5, 5.41) is 2.85. The first-order valence-electron chi connectivity index (χ1n) is 4.58. The van der Waals surface area contributed by atoms with Crippen LogP contribution in [-0.4, -0.2) is 37.6 Å². The van der Waals surface area contributed by atoms with Crippen LogP contribution in [0, 0.1) is 5.82 Å². The van der Waals surface area contributed by atoms with Gasteiger partial charge in [-0.15, -0.1) is 0 Å². The van der Waals surface area contributed by atoms with Crippen molar-refractivity contribution >= 4 is 5.78 Å². The summed E-state index contributed by atoms with van der Waals surface area (Å²) < 4.78 is 17.9. The van der Waals surface area contributed by atoms with Crippen molar-refractivity contribution in [1.29, 1.82) is 0 Å². The van der Waals surface area contributed by atoms with Gasteiger partial charge in [0.05, 0.1) is 24.9 Å². The summed E-state index contributed by atoms with van der Waals surface area (Å²) in [4.78, 5) is 15.0. The van der Waals surface area contributed by atoms with E-state index in [1.807, 2.05) is 0 Å². The largest absolute Gasteiger partial charge is 0.383 e. The van der Waals surface area contributed by atoms with Crippen molar-refractivity contribution < 1.29 is 13.9 Å². The molecule has 1 heterocycles. The van der Waals surface area contributed by atoms with Crippen LogP contribution in [0.15, 0.2) is 18.5 Å². The summed E-state index contributed by atoms with van der Waals surface area (Å²) >= 11 is 0. The number of carbonyl (C=O) groups is 1. The fourth-order valence-corrected chi connectivity index (χ4v) is 1.07. The summed E-state index contributed by atoms with van der Waals surface area (Å²) in [5.74, 6) is -0.873. The number of hydrogen-bond acceptors (Lipinski definition) is 4. The first-order valence-corrected chi connectivity index (χ1v) is 4.58. The van der Waals surface area contributed by atoms with Crippen molar-refractivity contribution in [3.05, 3.63) is 29.8 Å². The molecule has 0 amide bonds. The Bertz CT molecular complexity index is 331. The second kappa shape index (κ2) is 6.21. The van der Waals surface area contributed by atoms with Gasteiger partial charge in [-0.2, -0.15) is 0 Å². The molecule has 0 aliphatic rings. The average Bonchev–Trinajstić information content (AvgIpc) is 2.25. The maximum absolute atomic E-state index is 13.1. The van der Waals surface area contributed by atoms with Gasteiger partial charge in [-0.25, -0.2) is 4.39 Å². The fourth-order valence-electron chi connectivity index (χ4n) is 1.07. The van der Waals surface area contributed by atoms with Gasteiger partial charge in [-0.1, -0.05) is 0 Å². The van der Waals surface area contributed by atoms with Crippen LogP contribution in [0.2, 0.25) is 0 Å². The third-order valence-electron chi connectivity index (χ3n) is 1.84. The number of pyridine rings is 1. The lowest BCUT2D eigenvalue weighted by Crippen LogP contribution is -2.26. The molecule has 1 aromatic heterocycles. The van der Waals surface area contributed by atoms with Crippen LogP contribution < -0.4 is 5.32 Å². The van der Waals surface area contributed by atoms with Gasteiger partial charge in [0, 0.05) is 19.9 Å². The maximum atomic E-state index is 13.1. The van der Waals surface area contributed by atoms with Crippen LogP contribution in [0.4, 0.5) is 4.39 Å². The van der Waals surface area contributed by atoms with Gasteiger partial charge in [-0.3, -0.25) is 9.78 Å². The summed E-state index contributed by atoms with van der Waals surface area (Å²) in [5.41, 5.74) is 0.0647. The van der Waals surface area contributed by atoms with Gasteiger partial charge in [0.1, 0.15) is 0 Å². The highest BCUT2D eigenvalue weighted by atomic mass is 19.1. The van der Waals surface area contributed by atoms with Crippen LogP contribution in [-0.2, 0) is 4.74 Å². The van der Waals surface area contributed by atoms with E-state index in [1.165, 1.54) is 12.3 Å². The molecule has 0 fully saturated rings. The van der Waals surface area contributed by atoms with E-state index in [4.69, 9.17) is 4.74 Å². The molecule has 1 rings (SSSR count). The lowest BCUT2D eigenvalue weighted by Gasteiger charge is -2.03. The Morgan fingerprint density at radius 3 is 3.13 bits per heavy atom. The molecule has 0 radical (unpaired) electrons. The summed E-state index contributed by atoms with van der Waals surface area (Å²) in [6.07, 6.45) is 2.42. The molecule has 0 spiro atoms. The second-order valence-corrected chi connectivity index (χ2v) is 2.95. The van der Waals surface area contributed by atoms with E-state index in [-0.39, 0.29) is 17.9 Å². The van der Waals surface area contributed by atoms with Crippen LogP contribution >= 0.6 is 0 Å². The fraction of sp³-hybridized carbons (Fsp3) is 0.400. The molecular formula is C10H13FN2O2. The molecule has 4 nitrogen and oxygen atoms in total.